The van der Waals surface area contributed by atoms with Crippen LogP contribution in [0.25, 0.3) is 6.08 Å². The summed E-state index contributed by atoms with van der Waals surface area (Å²) in [6, 6.07) is 10.2. The van der Waals surface area contributed by atoms with E-state index in [1.807, 2.05) is 41.3 Å². The van der Waals surface area contributed by atoms with Crippen LogP contribution in [-0.4, -0.2) is 84.0 Å². The van der Waals surface area contributed by atoms with E-state index in [0.717, 1.165) is 44.7 Å². The first-order valence-electron chi connectivity index (χ1n) is 10.2. The zero-order valence-corrected chi connectivity index (χ0v) is 16.7. The molecule has 6 heteroatoms. The predicted octanol–water partition coefficient (Wildman–Crippen LogP) is 2.03. The summed E-state index contributed by atoms with van der Waals surface area (Å²) in [5.41, 5.74) is 1.01. The number of benzene rings is 1. The van der Waals surface area contributed by atoms with Gasteiger partial charge in [0.25, 0.3) is 0 Å². The lowest BCUT2D eigenvalue weighted by Gasteiger charge is -2.46. The van der Waals surface area contributed by atoms with E-state index >= 15 is 0 Å². The van der Waals surface area contributed by atoms with Gasteiger partial charge in [0, 0.05) is 57.8 Å². The Kier molecular flexibility index (Phi) is 7.23. The van der Waals surface area contributed by atoms with Crippen LogP contribution in [-0.2, 0) is 9.59 Å². The second-order valence-electron chi connectivity index (χ2n) is 7.92. The number of likely N-dealkylation sites (N-methyl/N-ethyl adjacent to an activating group) is 1. The standard InChI is InChI=1S/C22H31N3O3/c1-23-13-15-24(16-14-23)20-11-12-25(17-19(20)8-10-22(27)28)21(26)9-7-18-5-3-2-4-6-18/h2-7,9,19-20H,8,10-17H2,1H3,(H,27,28)/t19-,20+/m1/s1. The van der Waals surface area contributed by atoms with Gasteiger partial charge in [-0.15, -0.1) is 0 Å². The zero-order valence-electron chi connectivity index (χ0n) is 16.7. The van der Waals surface area contributed by atoms with Crippen molar-refractivity contribution in [3.8, 4) is 0 Å². The molecule has 6 nitrogen and oxygen atoms in total. The molecule has 152 valence electrons. The van der Waals surface area contributed by atoms with Crippen LogP contribution in [0.3, 0.4) is 0 Å². The molecule has 2 atom stereocenters. The number of piperazine rings is 1. The molecule has 1 aromatic carbocycles. The molecule has 0 bridgehead atoms. The SMILES string of the molecule is CN1CCN([C@H]2CCN(C(=O)C=Cc3ccccc3)C[C@H]2CCC(=O)O)CC1. The molecule has 2 saturated heterocycles. The first kappa shape index (κ1) is 20.6. The lowest BCUT2D eigenvalue weighted by atomic mass is 9.86. The van der Waals surface area contributed by atoms with Crippen molar-refractivity contribution in [2.24, 2.45) is 5.92 Å². The highest BCUT2D eigenvalue weighted by Gasteiger charge is 2.35. The van der Waals surface area contributed by atoms with Crippen molar-refractivity contribution in [1.29, 1.82) is 0 Å². The van der Waals surface area contributed by atoms with Crippen LogP contribution in [0, 0.1) is 5.92 Å². The molecule has 3 rings (SSSR count). The number of carboxylic acids is 1. The fourth-order valence-electron chi connectivity index (χ4n) is 4.28. The van der Waals surface area contributed by atoms with Gasteiger partial charge in [-0.05, 0) is 37.4 Å². The molecule has 2 aliphatic heterocycles. The van der Waals surface area contributed by atoms with Crippen molar-refractivity contribution >= 4 is 18.0 Å². The Hall–Kier alpha value is -2.18. The number of hydrogen-bond donors (Lipinski definition) is 1. The van der Waals surface area contributed by atoms with E-state index in [1.54, 1.807) is 6.08 Å². The predicted molar refractivity (Wildman–Crippen MR) is 110 cm³/mol. The Morgan fingerprint density at radius 1 is 1.11 bits per heavy atom. The molecule has 0 spiro atoms. The van der Waals surface area contributed by atoms with Gasteiger partial charge in [-0.3, -0.25) is 14.5 Å². The van der Waals surface area contributed by atoms with E-state index in [4.69, 9.17) is 5.11 Å². The van der Waals surface area contributed by atoms with Crippen LogP contribution in [0.5, 0.6) is 0 Å². The Bertz CT molecular complexity index is 684. The van der Waals surface area contributed by atoms with E-state index in [-0.39, 0.29) is 18.2 Å². The first-order valence-corrected chi connectivity index (χ1v) is 10.2. The maximum absolute atomic E-state index is 12.7. The summed E-state index contributed by atoms with van der Waals surface area (Å²) in [5.74, 6) is -0.534. The third-order valence-electron chi connectivity index (χ3n) is 5.96. The van der Waals surface area contributed by atoms with Gasteiger partial charge in [0.05, 0.1) is 0 Å². The molecule has 1 N–H and O–H groups in total. The van der Waals surface area contributed by atoms with Crippen molar-refractivity contribution in [3.05, 3.63) is 42.0 Å². The zero-order chi connectivity index (χ0) is 19.9. The van der Waals surface area contributed by atoms with Gasteiger partial charge in [-0.1, -0.05) is 30.3 Å². The molecule has 28 heavy (non-hydrogen) atoms. The highest BCUT2D eigenvalue weighted by atomic mass is 16.4. The molecule has 2 heterocycles. The molecular formula is C22H31N3O3. The van der Waals surface area contributed by atoms with Crippen LogP contribution in [0.15, 0.2) is 36.4 Å². The van der Waals surface area contributed by atoms with Crippen molar-refractivity contribution < 1.29 is 14.7 Å². The van der Waals surface area contributed by atoms with Crippen LogP contribution in [0.1, 0.15) is 24.8 Å². The van der Waals surface area contributed by atoms with Gasteiger partial charge in [-0.25, -0.2) is 0 Å². The number of nitrogens with zero attached hydrogens (tertiary/aromatic N) is 3. The highest BCUT2D eigenvalue weighted by molar-refractivity contribution is 5.91. The number of hydrogen-bond acceptors (Lipinski definition) is 4. The van der Waals surface area contributed by atoms with Gasteiger partial charge in [-0.2, -0.15) is 0 Å². The van der Waals surface area contributed by atoms with E-state index in [0.29, 0.717) is 19.0 Å². The van der Waals surface area contributed by atoms with Gasteiger partial charge in [0.1, 0.15) is 0 Å². The summed E-state index contributed by atoms with van der Waals surface area (Å²) >= 11 is 0. The summed E-state index contributed by atoms with van der Waals surface area (Å²) in [7, 11) is 2.14. The van der Waals surface area contributed by atoms with E-state index < -0.39 is 5.97 Å². The van der Waals surface area contributed by atoms with Crippen molar-refractivity contribution in [2.75, 3.05) is 46.3 Å². The second kappa shape index (κ2) is 9.85. The fraction of sp³-hybridized carbons (Fsp3) is 0.545. The van der Waals surface area contributed by atoms with Crippen molar-refractivity contribution in [2.45, 2.75) is 25.3 Å². The van der Waals surface area contributed by atoms with Crippen molar-refractivity contribution in [1.82, 2.24) is 14.7 Å². The molecule has 2 fully saturated rings. The van der Waals surface area contributed by atoms with Crippen molar-refractivity contribution in [3.63, 3.8) is 0 Å². The fourth-order valence-corrected chi connectivity index (χ4v) is 4.28. The molecule has 0 unspecified atom stereocenters. The summed E-state index contributed by atoms with van der Waals surface area (Å²) in [5, 5.41) is 9.15. The second-order valence-corrected chi connectivity index (χ2v) is 7.92. The maximum Gasteiger partial charge on any atom is 0.303 e. The monoisotopic (exact) mass is 385 g/mol. The van der Waals surface area contributed by atoms with Crippen LogP contribution in [0.2, 0.25) is 0 Å². The summed E-state index contributed by atoms with van der Waals surface area (Å²) in [4.78, 5) is 30.5. The minimum absolute atomic E-state index is 0.0148. The molecular weight excluding hydrogens is 354 g/mol. The minimum Gasteiger partial charge on any atom is -0.481 e. The van der Waals surface area contributed by atoms with E-state index in [2.05, 4.69) is 16.8 Å². The lowest BCUT2D eigenvalue weighted by Crippen LogP contribution is -2.56. The molecule has 1 amide bonds. The molecule has 0 saturated carbocycles. The minimum atomic E-state index is -0.760. The Morgan fingerprint density at radius 2 is 1.82 bits per heavy atom. The largest absolute Gasteiger partial charge is 0.481 e. The number of carbonyl (C=O) groups is 2. The molecule has 0 aromatic heterocycles. The molecule has 2 aliphatic rings. The highest BCUT2D eigenvalue weighted by Crippen LogP contribution is 2.27. The number of amides is 1. The Labute approximate surface area is 167 Å². The number of likely N-dealkylation sites (tertiary alicyclic amines) is 1. The summed E-state index contributed by atoms with van der Waals surface area (Å²) < 4.78 is 0. The lowest BCUT2D eigenvalue weighted by molar-refractivity contribution is -0.137. The van der Waals surface area contributed by atoms with Crippen LogP contribution in [0.4, 0.5) is 0 Å². The van der Waals surface area contributed by atoms with Crippen LogP contribution < -0.4 is 0 Å². The Morgan fingerprint density at radius 3 is 2.50 bits per heavy atom. The number of aliphatic carboxylic acids is 1. The topological polar surface area (TPSA) is 64.1 Å². The van der Waals surface area contributed by atoms with Gasteiger partial charge in [0.2, 0.25) is 5.91 Å². The van der Waals surface area contributed by atoms with E-state index in [9.17, 15) is 9.59 Å². The van der Waals surface area contributed by atoms with Gasteiger partial charge < -0.3 is 14.9 Å². The van der Waals surface area contributed by atoms with Crippen LogP contribution >= 0.6 is 0 Å². The maximum atomic E-state index is 12.7. The molecule has 0 aliphatic carbocycles. The smallest absolute Gasteiger partial charge is 0.303 e. The average Bonchev–Trinajstić information content (AvgIpc) is 2.71. The Balaban J connectivity index is 1.63. The quantitative estimate of drug-likeness (QED) is 0.759. The number of carbonyl (C=O) groups excluding carboxylic acids is 1. The molecule has 1 aromatic rings. The van der Waals surface area contributed by atoms with E-state index in [1.165, 1.54) is 0 Å². The average molecular weight is 386 g/mol. The summed E-state index contributed by atoms with van der Waals surface area (Å²) in [6.45, 7) is 5.51. The van der Waals surface area contributed by atoms with Gasteiger partial charge in [0.15, 0.2) is 0 Å². The number of piperidine rings is 1. The molecule has 0 radical (unpaired) electrons. The first-order chi connectivity index (χ1) is 13.5. The normalized spacial score (nSPS) is 24.5. The third kappa shape index (κ3) is 5.66. The van der Waals surface area contributed by atoms with Gasteiger partial charge >= 0.3 is 5.97 Å². The number of rotatable bonds is 6. The third-order valence-corrected chi connectivity index (χ3v) is 5.96. The summed E-state index contributed by atoms with van der Waals surface area (Å²) in [6.07, 6.45) is 5.19. The number of carboxylic acid groups (broad SMARTS) is 1.